The quantitative estimate of drug-likeness (QED) is 0.823. The molecule has 1 heterocycles. The maximum atomic E-state index is 12.2. The van der Waals surface area contributed by atoms with E-state index in [4.69, 9.17) is 5.73 Å². The summed E-state index contributed by atoms with van der Waals surface area (Å²) in [5.41, 5.74) is 6.21. The molecule has 1 amide bonds. The maximum absolute atomic E-state index is 12.2. The van der Waals surface area contributed by atoms with Crippen LogP contribution in [0.4, 0.5) is 5.82 Å². The molecule has 1 aliphatic carbocycles. The molecule has 2 N–H and O–H groups in total. The van der Waals surface area contributed by atoms with Gasteiger partial charge in [0, 0.05) is 19.3 Å². The second kappa shape index (κ2) is 4.51. The Balaban J connectivity index is 2.15. The van der Waals surface area contributed by atoms with Crippen LogP contribution in [0.1, 0.15) is 36.0 Å². The molecule has 0 aliphatic heterocycles. The Morgan fingerprint density at radius 3 is 2.81 bits per heavy atom. The first-order valence-electron chi connectivity index (χ1n) is 5.68. The number of amides is 1. The van der Waals surface area contributed by atoms with Gasteiger partial charge in [-0.3, -0.25) is 4.79 Å². The molecule has 1 saturated carbocycles. The van der Waals surface area contributed by atoms with Crippen molar-refractivity contribution in [1.82, 2.24) is 9.88 Å². The summed E-state index contributed by atoms with van der Waals surface area (Å²) in [5, 5.41) is 0. The Bertz CT molecular complexity index is 386. The number of rotatable bonds is 2. The summed E-state index contributed by atoms with van der Waals surface area (Å²) in [6.45, 7) is 0. The molecule has 1 aromatic heterocycles. The van der Waals surface area contributed by atoms with Gasteiger partial charge in [0.05, 0.1) is 5.56 Å². The lowest BCUT2D eigenvalue weighted by Crippen LogP contribution is -2.35. The van der Waals surface area contributed by atoms with E-state index in [0.29, 0.717) is 17.4 Å². The summed E-state index contributed by atoms with van der Waals surface area (Å²) >= 11 is 0. The third-order valence-electron chi connectivity index (χ3n) is 3.26. The van der Waals surface area contributed by atoms with E-state index in [9.17, 15) is 4.79 Å². The summed E-state index contributed by atoms with van der Waals surface area (Å²) in [7, 11) is 1.85. The summed E-state index contributed by atoms with van der Waals surface area (Å²) in [6, 6.07) is 3.84. The summed E-state index contributed by atoms with van der Waals surface area (Å²) in [5.74, 6) is 0.301. The number of nitrogens with two attached hydrogens (primary N) is 1. The van der Waals surface area contributed by atoms with Crippen molar-refractivity contribution in [3.63, 3.8) is 0 Å². The highest BCUT2D eigenvalue weighted by Crippen LogP contribution is 2.24. The van der Waals surface area contributed by atoms with E-state index in [1.54, 1.807) is 23.2 Å². The van der Waals surface area contributed by atoms with Crippen molar-refractivity contribution in [3.05, 3.63) is 23.9 Å². The molecular weight excluding hydrogens is 202 g/mol. The van der Waals surface area contributed by atoms with Crippen molar-refractivity contribution in [3.8, 4) is 0 Å². The van der Waals surface area contributed by atoms with Crippen molar-refractivity contribution in [1.29, 1.82) is 0 Å². The van der Waals surface area contributed by atoms with Gasteiger partial charge in [-0.05, 0) is 25.0 Å². The molecule has 4 heteroatoms. The maximum Gasteiger partial charge on any atom is 0.257 e. The largest absolute Gasteiger partial charge is 0.383 e. The molecule has 0 saturated heterocycles. The molecule has 1 aliphatic rings. The van der Waals surface area contributed by atoms with Crippen molar-refractivity contribution in [2.24, 2.45) is 0 Å². The first-order valence-corrected chi connectivity index (χ1v) is 5.68. The molecule has 1 aromatic rings. The molecule has 16 heavy (non-hydrogen) atoms. The van der Waals surface area contributed by atoms with Gasteiger partial charge in [0.1, 0.15) is 5.82 Å². The minimum atomic E-state index is -0.0162. The number of aromatic nitrogens is 1. The highest BCUT2D eigenvalue weighted by Gasteiger charge is 2.25. The Morgan fingerprint density at radius 1 is 1.50 bits per heavy atom. The van der Waals surface area contributed by atoms with E-state index in [-0.39, 0.29) is 5.91 Å². The van der Waals surface area contributed by atoms with Gasteiger partial charge in [0.15, 0.2) is 0 Å². The number of anilines is 1. The first-order chi connectivity index (χ1) is 7.70. The normalized spacial score (nSPS) is 16.3. The number of hydrogen-bond donors (Lipinski definition) is 1. The zero-order chi connectivity index (χ0) is 11.5. The van der Waals surface area contributed by atoms with Crippen LogP contribution in [-0.4, -0.2) is 28.9 Å². The minimum absolute atomic E-state index is 0.0162. The predicted molar refractivity (Wildman–Crippen MR) is 63.0 cm³/mol. The van der Waals surface area contributed by atoms with E-state index in [0.717, 1.165) is 12.8 Å². The van der Waals surface area contributed by atoms with Gasteiger partial charge in [-0.1, -0.05) is 12.8 Å². The minimum Gasteiger partial charge on any atom is -0.383 e. The molecule has 86 valence electrons. The van der Waals surface area contributed by atoms with Crippen LogP contribution in [-0.2, 0) is 0 Å². The van der Waals surface area contributed by atoms with Gasteiger partial charge in [-0.15, -0.1) is 0 Å². The summed E-state index contributed by atoms with van der Waals surface area (Å²) in [4.78, 5) is 17.9. The van der Waals surface area contributed by atoms with E-state index < -0.39 is 0 Å². The van der Waals surface area contributed by atoms with Crippen LogP contribution < -0.4 is 5.73 Å². The monoisotopic (exact) mass is 219 g/mol. The lowest BCUT2D eigenvalue weighted by atomic mass is 10.1. The summed E-state index contributed by atoms with van der Waals surface area (Å²) < 4.78 is 0. The second-order valence-electron chi connectivity index (χ2n) is 4.29. The molecule has 0 radical (unpaired) electrons. The Kier molecular flexibility index (Phi) is 3.08. The van der Waals surface area contributed by atoms with E-state index in [1.807, 2.05) is 7.05 Å². The fraction of sp³-hybridized carbons (Fsp3) is 0.500. The van der Waals surface area contributed by atoms with Gasteiger partial charge < -0.3 is 10.6 Å². The van der Waals surface area contributed by atoms with Crippen LogP contribution >= 0.6 is 0 Å². The SMILES string of the molecule is CN(C(=O)c1cccnc1N)C1CCCC1. The van der Waals surface area contributed by atoms with Gasteiger partial charge in [0.25, 0.3) is 5.91 Å². The molecule has 1 fully saturated rings. The molecule has 0 spiro atoms. The smallest absolute Gasteiger partial charge is 0.257 e. The van der Waals surface area contributed by atoms with Gasteiger partial charge >= 0.3 is 0 Å². The van der Waals surface area contributed by atoms with E-state index in [2.05, 4.69) is 4.98 Å². The molecular formula is C12H17N3O. The van der Waals surface area contributed by atoms with Gasteiger partial charge in [0.2, 0.25) is 0 Å². The van der Waals surface area contributed by atoms with Crippen LogP contribution in [0.2, 0.25) is 0 Å². The zero-order valence-electron chi connectivity index (χ0n) is 9.52. The standard InChI is InChI=1S/C12H17N3O/c1-15(9-5-2-3-6-9)12(16)10-7-4-8-14-11(10)13/h4,7-9H,2-3,5-6H2,1H3,(H2,13,14). The average Bonchev–Trinajstić information content (AvgIpc) is 2.81. The second-order valence-corrected chi connectivity index (χ2v) is 4.29. The van der Waals surface area contributed by atoms with E-state index in [1.165, 1.54) is 12.8 Å². The van der Waals surface area contributed by atoms with Crippen LogP contribution in [0.25, 0.3) is 0 Å². The zero-order valence-corrected chi connectivity index (χ0v) is 9.52. The van der Waals surface area contributed by atoms with Crippen LogP contribution in [0, 0.1) is 0 Å². The van der Waals surface area contributed by atoms with Crippen molar-refractivity contribution >= 4 is 11.7 Å². The van der Waals surface area contributed by atoms with Gasteiger partial charge in [-0.25, -0.2) is 4.98 Å². The fourth-order valence-corrected chi connectivity index (χ4v) is 2.25. The first kappa shape index (κ1) is 10.9. The van der Waals surface area contributed by atoms with Crippen LogP contribution in [0.15, 0.2) is 18.3 Å². The Morgan fingerprint density at radius 2 is 2.19 bits per heavy atom. The molecule has 0 aromatic carbocycles. The van der Waals surface area contributed by atoms with E-state index >= 15 is 0 Å². The van der Waals surface area contributed by atoms with Crippen LogP contribution in [0.5, 0.6) is 0 Å². The molecule has 0 atom stereocenters. The molecule has 2 rings (SSSR count). The number of carbonyl (C=O) groups is 1. The molecule has 0 unspecified atom stereocenters. The van der Waals surface area contributed by atoms with Gasteiger partial charge in [-0.2, -0.15) is 0 Å². The number of carbonyl (C=O) groups excluding carboxylic acids is 1. The fourth-order valence-electron chi connectivity index (χ4n) is 2.25. The number of pyridine rings is 1. The highest BCUT2D eigenvalue weighted by atomic mass is 16.2. The number of nitrogens with zero attached hydrogens (tertiary/aromatic N) is 2. The average molecular weight is 219 g/mol. The lowest BCUT2D eigenvalue weighted by molar-refractivity contribution is 0.0736. The molecule has 0 bridgehead atoms. The highest BCUT2D eigenvalue weighted by molar-refractivity contribution is 5.98. The van der Waals surface area contributed by atoms with Crippen LogP contribution in [0.3, 0.4) is 0 Å². The third-order valence-corrected chi connectivity index (χ3v) is 3.26. The summed E-state index contributed by atoms with van der Waals surface area (Å²) in [6.07, 6.45) is 6.22. The third kappa shape index (κ3) is 2.01. The number of nitrogen functional groups attached to an aromatic ring is 1. The number of hydrogen-bond acceptors (Lipinski definition) is 3. The predicted octanol–water partition coefficient (Wildman–Crippen LogP) is 1.68. The van der Waals surface area contributed by atoms with Crippen molar-refractivity contribution < 1.29 is 4.79 Å². The Labute approximate surface area is 95.5 Å². The lowest BCUT2D eigenvalue weighted by Gasteiger charge is -2.24. The van der Waals surface area contributed by atoms with Crippen molar-refractivity contribution in [2.75, 3.05) is 12.8 Å². The topological polar surface area (TPSA) is 59.2 Å². The Hall–Kier alpha value is -1.58. The molecule has 4 nitrogen and oxygen atoms in total. The van der Waals surface area contributed by atoms with Crippen molar-refractivity contribution in [2.45, 2.75) is 31.7 Å².